The molecule has 1 saturated heterocycles. The molecule has 0 spiro atoms. The van der Waals surface area contributed by atoms with Crippen LogP contribution in [0.4, 0.5) is 24.7 Å². The number of nitrogens with zero attached hydrogens (tertiary/aromatic N) is 5. The lowest BCUT2D eigenvalue weighted by molar-refractivity contribution is -0.141. The van der Waals surface area contributed by atoms with Gasteiger partial charge in [0.15, 0.2) is 11.5 Å². The molecule has 0 unspecified atom stereocenters. The number of alkyl halides is 3. The molecule has 13 heteroatoms. The molecule has 0 radical (unpaired) electrons. The number of nitrogens with one attached hydrogen (secondary N) is 2. The van der Waals surface area contributed by atoms with Gasteiger partial charge in [-0.25, -0.2) is 14.5 Å². The third-order valence-electron chi connectivity index (χ3n) is 4.52. The number of ether oxygens (including phenoxy) is 1. The van der Waals surface area contributed by atoms with E-state index in [4.69, 9.17) is 10.5 Å². The molecule has 4 N–H and O–H groups in total. The smallest absolute Gasteiger partial charge is 0.433 e. The fourth-order valence-corrected chi connectivity index (χ4v) is 3.08. The number of carbonyl (C=O) groups is 1. The van der Waals surface area contributed by atoms with Crippen molar-refractivity contribution in [2.45, 2.75) is 25.1 Å². The molecule has 0 saturated carbocycles. The quantitative estimate of drug-likeness (QED) is 0.576. The summed E-state index contributed by atoms with van der Waals surface area (Å²) in [5, 5.41) is 9.60. The van der Waals surface area contributed by atoms with Crippen molar-refractivity contribution in [3.63, 3.8) is 0 Å². The Labute approximate surface area is 167 Å². The summed E-state index contributed by atoms with van der Waals surface area (Å²) in [6, 6.07) is 0.747. The van der Waals surface area contributed by atoms with Gasteiger partial charge < -0.3 is 21.1 Å². The molecule has 158 valence electrons. The van der Waals surface area contributed by atoms with Crippen molar-refractivity contribution >= 4 is 23.1 Å². The zero-order chi connectivity index (χ0) is 21.3. The fraction of sp³-hybridized carbons (Fsp3) is 0.353. The van der Waals surface area contributed by atoms with Gasteiger partial charge in [0.1, 0.15) is 29.4 Å². The third kappa shape index (κ3) is 3.96. The monoisotopic (exact) mass is 422 g/mol. The third-order valence-corrected chi connectivity index (χ3v) is 4.52. The molecule has 10 nitrogen and oxygen atoms in total. The van der Waals surface area contributed by atoms with Crippen molar-refractivity contribution in [2.24, 2.45) is 0 Å². The fourth-order valence-electron chi connectivity index (χ4n) is 3.08. The van der Waals surface area contributed by atoms with Crippen LogP contribution in [0, 0.1) is 0 Å². The molecule has 1 amide bonds. The Hall–Kier alpha value is -3.48. The predicted molar refractivity (Wildman–Crippen MR) is 98.9 cm³/mol. The largest absolute Gasteiger partial charge is 0.473 e. The van der Waals surface area contributed by atoms with Gasteiger partial charge in [-0.3, -0.25) is 4.79 Å². The molecule has 1 aliphatic rings. The lowest BCUT2D eigenvalue weighted by Gasteiger charge is -2.24. The molecule has 0 bridgehead atoms. The Morgan fingerprint density at radius 3 is 2.83 bits per heavy atom. The number of amides is 1. The van der Waals surface area contributed by atoms with Crippen LogP contribution in [-0.4, -0.2) is 49.7 Å². The summed E-state index contributed by atoms with van der Waals surface area (Å²) in [6.07, 6.45) is 0.401. The van der Waals surface area contributed by atoms with Crippen LogP contribution in [0.15, 0.2) is 24.8 Å². The number of aromatic nitrogens is 5. The van der Waals surface area contributed by atoms with E-state index in [0.717, 1.165) is 42.7 Å². The number of hydrogen-bond acceptors (Lipinski definition) is 8. The maximum absolute atomic E-state index is 13.0. The average molecular weight is 422 g/mol. The minimum absolute atomic E-state index is 0.0881. The minimum atomic E-state index is -4.68. The standard InChI is InChI=1S/C17H17F3N8O2/c18-17(19,20)11-3-6-28-14(26-11)12(13(21)27-28)15(29)25-10-7-23-8-24-16(10)30-9-1-4-22-5-2-9/h3,6-9,22H,1-2,4-5H2,(H2,21,27)(H,25,29). The van der Waals surface area contributed by atoms with Crippen molar-refractivity contribution < 1.29 is 22.7 Å². The summed E-state index contributed by atoms with van der Waals surface area (Å²) in [5.41, 5.74) is 4.15. The second kappa shape index (κ2) is 7.74. The van der Waals surface area contributed by atoms with E-state index in [1.807, 2.05) is 0 Å². The first-order valence-electron chi connectivity index (χ1n) is 9.03. The molecular weight excluding hydrogens is 405 g/mol. The summed E-state index contributed by atoms with van der Waals surface area (Å²) < 4.78 is 45.9. The number of fused-ring (bicyclic) bond motifs is 1. The first-order valence-corrected chi connectivity index (χ1v) is 9.03. The Bertz CT molecular complexity index is 1080. The molecule has 4 rings (SSSR count). The van der Waals surface area contributed by atoms with E-state index in [1.54, 1.807) is 0 Å². The first-order chi connectivity index (χ1) is 14.3. The maximum atomic E-state index is 13.0. The van der Waals surface area contributed by atoms with Gasteiger partial charge in [-0.2, -0.15) is 18.2 Å². The summed E-state index contributed by atoms with van der Waals surface area (Å²) in [5.74, 6) is -0.916. The highest BCUT2D eigenvalue weighted by atomic mass is 19.4. The van der Waals surface area contributed by atoms with E-state index in [0.29, 0.717) is 0 Å². The molecule has 0 aromatic carbocycles. The van der Waals surface area contributed by atoms with Crippen molar-refractivity contribution in [1.82, 2.24) is 29.9 Å². The zero-order valence-electron chi connectivity index (χ0n) is 15.5. The van der Waals surface area contributed by atoms with Crippen LogP contribution >= 0.6 is 0 Å². The topological polar surface area (TPSA) is 132 Å². The molecule has 0 atom stereocenters. The lowest BCUT2D eigenvalue weighted by atomic mass is 10.1. The van der Waals surface area contributed by atoms with Crippen molar-refractivity contribution in [2.75, 3.05) is 24.1 Å². The Morgan fingerprint density at radius 1 is 1.33 bits per heavy atom. The molecular formula is C17H17F3N8O2. The highest BCUT2D eigenvalue weighted by Gasteiger charge is 2.34. The van der Waals surface area contributed by atoms with Gasteiger partial charge in [0, 0.05) is 6.20 Å². The molecule has 4 heterocycles. The Kier molecular flexibility index (Phi) is 5.11. The van der Waals surface area contributed by atoms with Crippen LogP contribution in [0.1, 0.15) is 28.9 Å². The number of nitrogen functional groups attached to an aromatic ring is 1. The second-order valence-electron chi connectivity index (χ2n) is 6.60. The van der Waals surface area contributed by atoms with E-state index >= 15 is 0 Å². The molecule has 30 heavy (non-hydrogen) atoms. The van der Waals surface area contributed by atoms with Gasteiger partial charge in [-0.1, -0.05) is 0 Å². The summed E-state index contributed by atoms with van der Waals surface area (Å²) in [6.45, 7) is 1.59. The highest BCUT2D eigenvalue weighted by Crippen LogP contribution is 2.29. The summed E-state index contributed by atoms with van der Waals surface area (Å²) >= 11 is 0. The number of halogens is 3. The second-order valence-corrected chi connectivity index (χ2v) is 6.60. The van der Waals surface area contributed by atoms with Crippen molar-refractivity contribution in [1.29, 1.82) is 0 Å². The van der Waals surface area contributed by atoms with Crippen molar-refractivity contribution in [3.05, 3.63) is 36.0 Å². The summed E-state index contributed by atoms with van der Waals surface area (Å²) in [7, 11) is 0. The minimum Gasteiger partial charge on any atom is -0.473 e. The molecule has 1 aliphatic heterocycles. The van der Waals surface area contributed by atoms with Crippen LogP contribution in [0.25, 0.3) is 5.65 Å². The van der Waals surface area contributed by atoms with E-state index in [2.05, 4.69) is 30.7 Å². The zero-order valence-corrected chi connectivity index (χ0v) is 15.5. The number of nitrogens with two attached hydrogens (primary N) is 1. The lowest BCUT2D eigenvalue weighted by Crippen LogP contribution is -2.34. The number of anilines is 2. The summed E-state index contributed by atoms with van der Waals surface area (Å²) in [4.78, 5) is 24.3. The Balaban J connectivity index is 1.63. The van der Waals surface area contributed by atoms with Gasteiger partial charge in [0.05, 0.1) is 6.20 Å². The number of rotatable bonds is 4. The molecule has 1 fully saturated rings. The van der Waals surface area contributed by atoms with Gasteiger partial charge >= 0.3 is 6.18 Å². The number of carbonyl (C=O) groups excluding carboxylic acids is 1. The Morgan fingerprint density at radius 2 is 2.10 bits per heavy atom. The van der Waals surface area contributed by atoms with Crippen LogP contribution in [-0.2, 0) is 6.18 Å². The number of hydrogen-bond donors (Lipinski definition) is 3. The van der Waals surface area contributed by atoms with Gasteiger partial charge in [0.2, 0.25) is 5.88 Å². The molecule has 0 aliphatic carbocycles. The van der Waals surface area contributed by atoms with Crippen LogP contribution in [0.3, 0.4) is 0 Å². The van der Waals surface area contributed by atoms with Gasteiger partial charge in [-0.05, 0) is 32.0 Å². The van der Waals surface area contributed by atoms with E-state index in [9.17, 15) is 18.0 Å². The predicted octanol–water partition coefficient (Wildman–Crippen LogP) is 1.50. The number of piperidine rings is 1. The first kappa shape index (κ1) is 19.8. The van der Waals surface area contributed by atoms with Crippen molar-refractivity contribution in [3.8, 4) is 5.88 Å². The SMILES string of the molecule is Nc1nn2ccc(C(F)(F)F)nc2c1C(=O)Nc1cncnc1OC1CCNCC1. The van der Waals surface area contributed by atoms with Crippen LogP contribution in [0.2, 0.25) is 0 Å². The van der Waals surface area contributed by atoms with Gasteiger partial charge in [-0.15, -0.1) is 5.10 Å². The average Bonchev–Trinajstić information content (AvgIpc) is 3.04. The maximum Gasteiger partial charge on any atom is 0.433 e. The van der Waals surface area contributed by atoms with Gasteiger partial charge in [0.25, 0.3) is 5.91 Å². The normalized spacial score (nSPS) is 15.3. The van der Waals surface area contributed by atoms with E-state index in [1.165, 1.54) is 12.5 Å². The van der Waals surface area contributed by atoms with Crippen LogP contribution < -0.4 is 21.1 Å². The highest BCUT2D eigenvalue weighted by molar-refractivity contribution is 6.11. The molecule has 3 aromatic rings. The van der Waals surface area contributed by atoms with E-state index < -0.39 is 17.8 Å². The van der Waals surface area contributed by atoms with Crippen LogP contribution in [0.5, 0.6) is 5.88 Å². The molecule has 3 aromatic heterocycles. The van der Waals surface area contributed by atoms with E-state index in [-0.39, 0.29) is 34.7 Å².